The minimum absolute atomic E-state index is 0.0261. The average Bonchev–Trinajstić information content (AvgIpc) is 3.96. The lowest BCUT2D eigenvalue weighted by Gasteiger charge is -2.30. The van der Waals surface area contributed by atoms with Crippen molar-refractivity contribution in [2.75, 3.05) is 6.54 Å². The Kier molecular flexibility index (Phi) is 11.1. The molecule has 4 heterocycles. The maximum atomic E-state index is 14.7. The first-order valence-electron chi connectivity index (χ1n) is 20.0. The molecule has 0 radical (unpaired) electrons. The number of thiophene rings is 1. The fraction of sp³-hybridized carbons (Fsp3) is 0.512. The third kappa shape index (κ3) is 8.57. The lowest BCUT2D eigenvalue weighted by atomic mass is 10.0. The molecule has 302 valence electrons. The van der Waals surface area contributed by atoms with Crippen molar-refractivity contribution in [3.63, 3.8) is 0 Å². The van der Waals surface area contributed by atoms with Crippen molar-refractivity contribution in [1.29, 1.82) is 0 Å². The second kappa shape index (κ2) is 16.2. The number of aromatic nitrogens is 2. The van der Waals surface area contributed by atoms with E-state index in [9.17, 15) is 27.6 Å². The highest BCUT2D eigenvalue weighted by molar-refractivity contribution is 7.91. The molecule has 2 aromatic heterocycles. The van der Waals surface area contributed by atoms with Crippen molar-refractivity contribution in [2.45, 2.75) is 119 Å². The molecule has 5 atom stereocenters. The van der Waals surface area contributed by atoms with E-state index < -0.39 is 68.7 Å². The standard InChI is InChI=1S/C41H48N6O8S2/c1-2-28-18-21-34(56-28)35-37(43-31-16-11-10-15-30(31)42-35)54-27-22-33-36(48)45-41(39(50)46-57(52,53)29-19-20-29)23-25(41)12-6-4-3-5-7-17-32(38(49)47(33)24-27)44-40(51)55-26-13-8-9-14-26/h2,6,10-12,15-16,18,21,25-27,29,32-33H,1,3-5,7-9,13-14,17,19-20,22-24H2,(H,44,51)(H,45,48)(H,46,50)/b12-6-/t25?,27-,32-,33+,41-/m1/s1. The van der Waals surface area contributed by atoms with E-state index in [-0.39, 0.29) is 31.4 Å². The number of benzene rings is 1. The van der Waals surface area contributed by atoms with E-state index in [0.717, 1.165) is 48.3 Å². The molecule has 3 N–H and O–H groups in total. The van der Waals surface area contributed by atoms with Crippen LogP contribution in [0.25, 0.3) is 27.7 Å². The molecule has 0 spiro atoms. The molecule has 8 rings (SSSR count). The minimum Gasteiger partial charge on any atom is -0.471 e. The van der Waals surface area contributed by atoms with Crippen molar-refractivity contribution < 1.29 is 37.1 Å². The zero-order valence-electron chi connectivity index (χ0n) is 31.7. The van der Waals surface area contributed by atoms with E-state index in [4.69, 9.17) is 19.4 Å². The first-order valence-corrected chi connectivity index (χ1v) is 22.4. The lowest BCUT2D eigenvalue weighted by Crippen LogP contribution is -2.58. The van der Waals surface area contributed by atoms with E-state index in [1.54, 1.807) is 6.08 Å². The fourth-order valence-corrected chi connectivity index (χ4v) is 10.4. The third-order valence-electron chi connectivity index (χ3n) is 11.6. The smallest absolute Gasteiger partial charge is 0.408 e. The number of para-hydroxylation sites is 2. The van der Waals surface area contributed by atoms with Crippen molar-refractivity contribution in [1.82, 2.24) is 30.2 Å². The summed E-state index contributed by atoms with van der Waals surface area (Å²) in [5.74, 6) is -2.08. The summed E-state index contributed by atoms with van der Waals surface area (Å²) in [6.45, 7) is 3.85. The van der Waals surface area contributed by atoms with Crippen LogP contribution in [0.15, 0.2) is 55.1 Å². The quantitative estimate of drug-likeness (QED) is 0.237. The van der Waals surface area contributed by atoms with Crippen LogP contribution in [-0.4, -0.2) is 88.7 Å². The first kappa shape index (κ1) is 39.0. The van der Waals surface area contributed by atoms with Gasteiger partial charge in [0, 0.05) is 17.2 Å². The van der Waals surface area contributed by atoms with Gasteiger partial charge in [-0.3, -0.25) is 19.1 Å². The number of carbonyl (C=O) groups is 4. The number of nitrogens with zero attached hydrogens (tertiary/aromatic N) is 3. The van der Waals surface area contributed by atoms with Gasteiger partial charge >= 0.3 is 6.09 Å². The Bertz CT molecular complexity index is 2200. The number of sulfonamides is 1. The largest absolute Gasteiger partial charge is 0.471 e. The molecule has 1 aromatic carbocycles. The third-order valence-corrected chi connectivity index (χ3v) is 14.5. The van der Waals surface area contributed by atoms with Crippen molar-refractivity contribution in [2.24, 2.45) is 5.92 Å². The van der Waals surface area contributed by atoms with Crippen LogP contribution in [-0.2, 0) is 29.1 Å². The van der Waals surface area contributed by atoms with Crippen molar-refractivity contribution >= 4 is 62.3 Å². The molecule has 1 saturated heterocycles. The molecule has 4 amide bonds. The Morgan fingerprint density at radius 2 is 1.72 bits per heavy atom. The number of alkyl carbamates (subject to hydrolysis) is 1. The molecule has 4 fully saturated rings. The van der Waals surface area contributed by atoms with Gasteiger partial charge in [0.1, 0.15) is 35.5 Å². The molecular weight excluding hydrogens is 769 g/mol. The van der Waals surface area contributed by atoms with Crippen LogP contribution >= 0.6 is 11.3 Å². The summed E-state index contributed by atoms with van der Waals surface area (Å²) in [4.78, 5) is 69.1. The van der Waals surface area contributed by atoms with Gasteiger partial charge < -0.3 is 25.0 Å². The molecule has 3 saturated carbocycles. The van der Waals surface area contributed by atoms with E-state index in [2.05, 4.69) is 21.9 Å². The Morgan fingerprint density at radius 3 is 2.46 bits per heavy atom. The molecule has 2 aliphatic heterocycles. The van der Waals surface area contributed by atoms with Gasteiger partial charge in [-0.1, -0.05) is 49.8 Å². The molecular formula is C41H48N6O8S2. The van der Waals surface area contributed by atoms with Crippen LogP contribution in [0.2, 0.25) is 0 Å². The molecule has 1 unspecified atom stereocenters. The highest BCUT2D eigenvalue weighted by Crippen LogP contribution is 2.46. The maximum Gasteiger partial charge on any atom is 0.408 e. The molecule has 16 heteroatoms. The number of hydrogen-bond acceptors (Lipinski definition) is 11. The SMILES string of the molecule is C=Cc1ccc(-c2nc3ccccc3nc2O[C@@H]2C[C@H]3C(=O)N[C@]4(C(=O)NS(=O)(=O)C5CC5)CC4/C=C\CCCCC[C@@H](NC(=O)OC4CCCC4)C(=O)N3C2)s1. The van der Waals surface area contributed by atoms with E-state index in [1.807, 2.05) is 48.6 Å². The topological polar surface area (TPSA) is 186 Å². The van der Waals surface area contributed by atoms with Gasteiger partial charge in [-0.05, 0) is 88.5 Å². The van der Waals surface area contributed by atoms with Gasteiger partial charge in [0.05, 0.1) is 27.7 Å². The number of amides is 4. The van der Waals surface area contributed by atoms with Crippen LogP contribution in [0.4, 0.5) is 4.79 Å². The van der Waals surface area contributed by atoms with E-state index >= 15 is 0 Å². The van der Waals surface area contributed by atoms with Crippen LogP contribution in [0, 0.1) is 5.92 Å². The maximum absolute atomic E-state index is 14.7. The monoisotopic (exact) mass is 816 g/mol. The van der Waals surface area contributed by atoms with Crippen LogP contribution in [0.3, 0.4) is 0 Å². The molecule has 3 aliphatic carbocycles. The van der Waals surface area contributed by atoms with E-state index in [0.29, 0.717) is 48.8 Å². The zero-order chi connectivity index (χ0) is 39.7. The normalized spacial score (nSPS) is 27.6. The van der Waals surface area contributed by atoms with E-state index in [1.165, 1.54) is 16.2 Å². The Balaban J connectivity index is 1.11. The van der Waals surface area contributed by atoms with Crippen LogP contribution in [0.1, 0.15) is 88.3 Å². The van der Waals surface area contributed by atoms with Gasteiger partial charge in [0.15, 0.2) is 0 Å². The minimum atomic E-state index is -3.90. The van der Waals surface area contributed by atoms with Crippen molar-refractivity contribution in [3.05, 3.63) is 60.0 Å². The van der Waals surface area contributed by atoms with Gasteiger partial charge in [-0.25, -0.2) is 23.2 Å². The highest BCUT2D eigenvalue weighted by Gasteiger charge is 2.62. The number of rotatable bonds is 9. The Labute approximate surface area is 335 Å². The van der Waals surface area contributed by atoms with Crippen LogP contribution in [0.5, 0.6) is 5.88 Å². The summed E-state index contributed by atoms with van der Waals surface area (Å²) in [6, 6.07) is 9.15. The number of allylic oxidation sites excluding steroid dienone is 1. The number of fused-ring (bicyclic) bond motifs is 3. The summed E-state index contributed by atoms with van der Waals surface area (Å²) < 4.78 is 40.4. The zero-order valence-corrected chi connectivity index (χ0v) is 33.3. The average molecular weight is 817 g/mol. The summed E-state index contributed by atoms with van der Waals surface area (Å²) >= 11 is 1.47. The molecule has 0 bridgehead atoms. The molecule has 14 nitrogen and oxygen atoms in total. The van der Waals surface area contributed by atoms with Crippen LogP contribution < -0.4 is 20.1 Å². The molecule has 5 aliphatic rings. The number of hydrogen-bond donors (Lipinski definition) is 3. The number of nitrogens with one attached hydrogen (secondary N) is 3. The lowest BCUT2D eigenvalue weighted by molar-refractivity contribution is -0.141. The van der Waals surface area contributed by atoms with Gasteiger partial charge in [0.25, 0.3) is 5.91 Å². The number of ether oxygens (including phenoxy) is 2. The van der Waals surface area contributed by atoms with Crippen molar-refractivity contribution in [3.8, 4) is 16.5 Å². The predicted molar refractivity (Wildman–Crippen MR) is 214 cm³/mol. The summed E-state index contributed by atoms with van der Waals surface area (Å²) in [5.41, 5.74) is 0.262. The molecule has 3 aromatic rings. The van der Waals surface area contributed by atoms with Gasteiger partial charge in [-0.2, -0.15) is 0 Å². The summed E-state index contributed by atoms with van der Waals surface area (Å²) in [7, 11) is -3.90. The van der Waals surface area contributed by atoms with Gasteiger partial charge in [-0.15, -0.1) is 11.3 Å². The second-order valence-electron chi connectivity index (χ2n) is 15.8. The highest BCUT2D eigenvalue weighted by atomic mass is 32.2. The predicted octanol–water partition coefficient (Wildman–Crippen LogP) is 5.39. The molecule has 57 heavy (non-hydrogen) atoms. The Morgan fingerprint density at radius 1 is 0.965 bits per heavy atom. The Hall–Kier alpha value is -4.83. The second-order valence-corrected chi connectivity index (χ2v) is 18.9. The fourth-order valence-electron chi connectivity index (χ4n) is 8.16. The van der Waals surface area contributed by atoms with Gasteiger partial charge in [0.2, 0.25) is 27.7 Å². The number of carbonyl (C=O) groups excluding carboxylic acids is 4. The first-order chi connectivity index (χ1) is 27.5. The summed E-state index contributed by atoms with van der Waals surface area (Å²) in [6.07, 6.45) is 11.9. The summed E-state index contributed by atoms with van der Waals surface area (Å²) in [5, 5.41) is 5.10.